The summed E-state index contributed by atoms with van der Waals surface area (Å²) in [6.07, 6.45) is 4.15. The fourth-order valence-electron chi connectivity index (χ4n) is 2.31. The van der Waals surface area contributed by atoms with Gasteiger partial charge in [-0.3, -0.25) is 0 Å². The van der Waals surface area contributed by atoms with E-state index in [-0.39, 0.29) is 0 Å². The molecule has 100 valence electrons. The van der Waals surface area contributed by atoms with Gasteiger partial charge in [-0.1, -0.05) is 18.6 Å². The number of hydrogen-bond acceptors (Lipinski definition) is 3. The Morgan fingerprint density at radius 1 is 1.33 bits per heavy atom. The van der Waals surface area contributed by atoms with Gasteiger partial charge in [0.2, 0.25) is 0 Å². The van der Waals surface area contributed by atoms with E-state index in [4.69, 9.17) is 9.47 Å². The molecule has 0 heterocycles. The number of rotatable bonds is 7. The van der Waals surface area contributed by atoms with Gasteiger partial charge in [0, 0.05) is 12.1 Å². The van der Waals surface area contributed by atoms with E-state index in [1.165, 1.54) is 24.8 Å². The lowest BCUT2D eigenvalue weighted by atomic mass is 9.85. The number of ether oxygens (including phenoxy) is 2. The molecule has 3 nitrogen and oxygen atoms in total. The van der Waals surface area contributed by atoms with E-state index in [0.717, 1.165) is 30.5 Å². The van der Waals surface area contributed by atoms with Gasteiger partial charge in [0.05, 0.1) is 13.7 Å². The Morgan fingerprint density at radius 2 is 2.17 bits per heavy atom. The smallest absolute Gasteiger partial charge is 0.165 e. The molecule has 18 heavy (non-hydrogen) atoms. The molecule has 0 atom stereocenters. The summed E-state index contributed by atoms with van der Waals surface area (Å²) in [6, 6.07) is 6.07. The minimum absolute atomic E-state index is 0.662. The largest absolute Gasteiger partial charge is 0.493 e. The third-order valence-electron chi connectivity index (χ3n) is 3.54. The molecular formula is C15H23NO2. The van der Waals surface area contributed by atoms with Crippen molar-refractivity contribution in [3.05, 3.63) is 23.8 Å². The number of nitrogens with one attached hydrogen (secondary N) is 1. The number of para-hydroxylation sites is 1. The van der Waals surface area contributed by atoms with Gasteiger partial charge in [-0.2, -0.15) is 0 Å². The first-order valence-corrected chi connectivity index (χ1v) is 6.84. The Morgan fingerprint density at radius 3 is 2.78 bits per heavy atom. The Bertz CT molecular complexity index is 375. The lowest BCUT2D eigenvalue weighted by Gasteiger charge is -2.25. The van der Waals surface area contributed by atoms with Crippen LogP contribution in [0.25, 0.3) is 0 Å². The van der Waals surface area contributed by atoms with Crippen molar-refractivity contribution < 1.29 is 9.47 Å². The van der Waals surface area contributed by atoms with Crippen LogP contribution in [0.1, 0.15) is 31.7 Å². The fraction of sp³-hybridized carbons (Fsp3) is 0.600. The first-order valence-electron chi connectivity index (χ1n) is 6.84. The van der Waals surface area contributed by atoms with Crippen LogP contribution in [0, 0.1) is 5.92 Å². The molecule has 0 saturated heterocycles. The highest BCUT2D eigenvalue weighted by molar-refractivity contribution is 5.46. The second-order valence-corrected chi connectivity index (χ2v) is 4.81. The van der Waals surface area contributed by atoms with Crippen molar-refractivity contribution in [3.8, 4) is 11.5 Å². The summed E-state index contributed by atoms with van der Waals surface area (Å²) in [5.74, 6) is 2.58. The average Bonchev–Trinajstić information content (AvgIpc) is 2.33. The van der Waals surface area contributed by atoms with Crippen molar-refractivity contribution in [1.82, 2.24) is 5.32 Å². The molecule has 0 radical (unpaired) electrons. The summed E-state index contributed by atoms with van der Waals surface area (Å²) in [4.78, 5) is 0. The van der Waals surface area contributed by atoms with Crippen LogP contribution in [0.5, 0.6) is 11.5 Å². The summed E-state index contributed by atoms with van der Waals surface area (Å²) >= 11 is 0. The Labute approximate surface area is 109 Å². The maximum Gasteiger partial charge on any atom is 0.165 e. The van der Waals surface area contributed by atoms with Crippen molar-refractivity contribution in [2.75, 3.05) is 20.3 Å². The maximum atomic E-state index is 5.58. The molecule has 1 fully saturated rings. The normalized spacial score (nSPS) is 15.2. The predicted octanol–water partition coefficient (Wildman–Crippen LogP) is 2.98. The lowest BCUT2D eigenvalue weighted by Crippen LogP contribution is -2.27. The number of benzene rings is 1. The van der Waals surface area contributed by atoms with Gasteiger partial charge < -0.3 is 14.8 Å². The van der Waals surface area contributed by atoms with E-state index in [1.54, 1.807) is 7.11 Å². The van der Waals surface area contributed by atoms with Crippen LogP contribution in [0.2, 0.25) is 0 Å². The lowest BCUT2D eigenvalue weighted by molar-refractivity contribution is 0.297. The summed E-state index contributed by atoms with van der Waals surface area (Å²) in [5, 5.41) is 3.51. The average molecular weight is 249 g/mol. The van der Waals surface area contributed by atoms with Crippen LogP contribution < -0.4 is 14.8 Å². The van der Waals surface area contributed by atoms with Crippen LogP contribution in [-0.2, 0) is 6.54 Å². The zero-order chi connectivity index (χ0) is 12.8. The summed E-state index contributed by atoms with van der Waals surface area (Å²) < 4.78 is 11.0. The summed E-state index contributed by atoms with van der Waals surface area (Å²) in [7, 11) is 1.70. The van der Waals surface area contributed by atoms with Crippen LogP contribution in [0.3, 0.4) is 0 Å². The van der Waals surface area contributed by atoms with E-state index in [2.05, 4.69) is 11.4 Å². The van der Waals surface area contributed by atoms with E-state index >= 15 is 0 Å². The Hall–Kier alpha value is -1.22. The Balaban J connectivity index is 1.94. The molecule has 1 aromatic rings. The molecule has 1 aliphatic carbocycles. The van der Waals surface area contributed by atoms with Crippen molar-refractivity contribution >= 4 is 0 Å². The monoisotopic (exact) mass is 249 g/mol. The highest BCUT2D eigenvalue weighted by atomic mass is 16.5. The fourth-order valence-corrected chi connectivity index (χ4v) is 2.31. The van der Waals surface area contributed by atoms with Crippen LogP contribution in [-0.4, -0.2) is 20.3 Å². The van der Waals surface area contributed by atoms with Crippen molar-refractivity contribution in [2.45, 2.75) is 32.7 Å². The minimum Gasteiger partial charge on any atom is -0.493 e. The van der Waals surface area contributed by atoms with Gasteiger partial charge in [0.15, 0.2) is 11.5 Å². The zero-order valence-electron chi connectivity index (χ0n) is 11.4. The van der Waals surface area contributed by atoms with E-state index in [9.17, 15) is 0 Å². The quantitative estimate of drug-likeness (QED) is 0.806. The molecule has 0 amide bonds. The van der Waals surface area contributed by atoms with Gasteiger partial charge >= 0.3 is 0 Å². The molecule has 1 saturated carbocycles. The SMILES string of the molecule is CCOc1cccc(CNCC2CCC2)c1OC. The standard InChI is InChI=1S/C15H23NO2/c1-3-18-14-9-5-8-13(15(14)17-2)11-16-10-12-6-4-7-12/h5,8-9,12,16H,3-4,6-7,10-11H2,1-2H3. The molecule has 1 N–H and O–H groups in total. The maximum absolute atomic E-state index is 5.58. The second-order valence-electron chi connectivity index (χ2n) is 4.81. The van der Waals surface area contributed by atoms with E-state index < -0.39 is 0 Å². The topological polar surface area (TPSA) is 30.5 Å². The van der Waals surface area contributed by atoms with Gasteiger partial charge in [-0.25, -0.2) is 0 Å². The van der Waals surface area contributed by atoms with Crippen LogP contribution >= 0.6 is 0 Å². The molecule has 3 heteroatoms. The van der Waals surface area contributed by atoms with Gasteiger partial charge in [-0.05, 0) is 38.3 Å². The Kier molecular flexibility index (Phi) is 4.88. The predicted molar refractivity (Wildman–Crippen MR) is 73.2 cm³/mol. The third kappa shape index (κ3) is 3.16. The molecule has 0 aliphatic heterocycles. The molecule has 0 bridgehead atoms. The van der Waals surface area contributed by atoms with Gasteiger partial charge in [0.25, 0.3) is 0 Å². The molecule has 0 aromatic heterocycles. The highest BCUT2D eigenvalue weighted by Crippen LogP contribution is 2.31. The first-order chi connectivity index (χ1) is 8.85. The zero-order valence-corrected chi connectivity index (χ0v) is 11.4. The molecule has 0 spiro atoms. The molecule has 1 aliphatic rings. The summed E-state index contributed by atoms with van der Waals surface area (Å²) in [6.45, 7) is 4.61. The molecule has 2 rings (SSSR count). The van der Waals surface area contributed by atoms with E-state index in [0.29, 0.717) is 6.61 Å². The molecule has 1 aromatic carbocycles. The summed E-state index contributed by atoms with van der Waals surface area (Å²) in [5.41, 5.74) is 1.17. The number of methoxy groups -OCH3 is 1. The third-order valence-corrected chi connectivity index (χ3v) is 3.54. The van der Waals surface area contributed by atoms with Gasteiger partial charge in [0.1, 0.15) is 0 Å². The van der Waals surface area contributed by atoms with Crippen LogP contribution in [0.15, 0.2) is 18.2 Å². The molecule has 0 unspecified atom stereocenters. The highest BCUT2D eigenvalue weighted by Gasteiger charge is 2.17. The minimum atomic E-state index is 0.662. The van der Waals surface area contributed by atoms with Crippen molar-refractivity contribution in [1.29, 1.82) is 0 Å². The first kappa shape index (κ1) is 13.2. The van der Waals surface area contributed by atoms with Crippen LogP contribution in [0.4, 0.5) is 0 Å². The van der Waals surface area contributed by atoms with E-state index in [1.807, 2.05) is 19.1 Å². The number of hydrogen-bond donors (Lipinski definition) is 1. The van der Waals surface area contributed by atoms with Crippen molar-refractivity contribution in [3.63, 3.8) is 0 Å². The second kappa shape index (κ2) is 6.64. The van der Waals surface area contributed by atoms with Gasteiger partial charge in [-0.15, -0.1) is 0 Å². The van der Waals surface area contributed by atoms with Crippen molar-refractivity contribution in [2.24, 2.45) is 5.92 Å². The molecular weight excluding hydrogens is 226 g/mol.